The van der Waals surface area contributed by atoms with Gasteiger partial charge in [-0.05, 0) is 68.7 Å². The number of benzene rings is 3. The second kappa shape index (κ2) is 13.7. The minimum atomic E-state index is -1.11. The van der Waals surface area contributed by atoms with Gasteiger partial charge in [-0.25, -0.2) is 15.0 Å². The number of halogens is 2. The highest BCUT2D eigenvalue weighted by atomic mass is 35.5. The zero-order valence-corrected chi connectivity index (χ0v) is 24.7. The summed E-state index contributed by atoms with van der Waals surface area (Å²) in [5.74, 6) is -0.244. The summed E-state index contributed by atoms with van der Waals surface area (Å²) in [4.78, 5) is 42.1. The molecule has 0 unspecified atom stereocenters. The first-order valence-electron chi connectivity index (χ1n) is 13.4. The molecule has 1 saturated heterocycles. The van der Waals surface area contributed by atoms with E-state index in [4.69, 9.17) is 23.2 Å². The third-order valence-electron chi connectivity index (χ3n) is 6.85. The van der Waals surface area contributed by atoms with Gasteiger partial charge in [0.15, 0.2) is 6.17 Å². The van der Waals surface area contributed by atoms with E-state index >= 15 is 0 Å². The van der Waals surface area contributed by atoms with Crippen molar-refractivity contribution in [3.05, 3.63) is 94.5 Å². The Hall–Kier alpha value is -4.12. The number of amides is 5. The minimum Gasteiger partial charge on any atom is -0.315 e. The number of hydrazone groups is 1. The average molecular weight is 612 g/mol. The number of hydrogen-bond donors (Lipinski definition) is 3. The summed E-state index contributed by atoms with van der Waals surface area (Å²) in [5.41, 5.74) is 3.14. The molecule has 4 rings (SSSR count). The average Bonchev–Trinajstić information content (AvgIpc) is 3.15. The molecule has 0 saturated carbocycles. The van der Waals surface area contributed by atoms with E-state index in [0.29, 0.717) is 39.3 Å². The van der Waals surface area contributed by atoms with Gasteiger partial charge in [0.2, 0.25) is 5.91 Å². The van der Waals surface area contributed by atoms with Gasteiger partial charge < -0.3 is 10.2 Å². The molecule has 1 heterocycles. The van der Waals surface area contributed by atoms with Crippen LogP contribution in [0.1, 0.15) is 38.7 Å². The van der Waals surface area contributed by atoms with Crippen LogP contribution < -0.4 is 15.6 Å². The molecule has 1 fully saturated rings. The smallest absolute Gasteiger partial charge is 0.315 e. The van der Waals surface area contributed by atoms with Gasteiger partial charge in [-0.2, -0.15) is 10.2 Å². The molecule has 1 aliphatic rings. The molecule has 3 N–H and O–H groups in total. The van der Waals surface area contributed by atoms with E-state index in [-0.39, 0.29) is 18.9 Å². The molecule has 3 aromatic rings. The van der Waals surface area contributed by atoms with Crippen LogP contribution in [0.4, 0.5) is 21.0 Å². The van der Waals surface area contributed by atoms with E-state index in [1.54, 1.807) is 73.5 Å². The Morgan fingerprint density at radius 3 is 2.38 bits per heavy atom. The lowest BCUT2D eigenvalue weighted by molar-refractivity contribution is -0.121. The predicted octanol–water partition coefficient (Wildman–Crippen LogP) is 6.58. The fourth-order valence-corrected chi connectivity index (χ4v) is 5.17. The SMILES string of the molecule is CC1(C)[C@@H](N(O)C(=O)Nc2cccc(Cl)c2)N(c2cccc(Cl)c2)C(=O)N1CCCCC(=O)N/N=C/c1ccccc1. The van der Waals surface area contributed by atoms with E-state index < -0.39 is 23.8 Å². The summed E-state index contributed by atoms with van der Waals surface area (Å²) in [7, 11) is 0. The maximum absolute atomic E-state index is 13.8. The van der Waals surface area contributed by atoms with Gasteiger partial charge >= 0.3 is 12.1 Å². The molecular formula is C30H32Cl2N6O4. The van der Waals surface area contributed by atoms with Crippen molar-refractivity contribution in [2.45, 2.75) is 44.8 Å². The number of carbonyl (C=O) groups excluding carboxylic acids is 3. The number of nitrogens with zero attached hydrogens (tertiary/aromatic N) is 4. The highest BCUT2D eigenvalue weighted by Gasteiger charge is 2.55. The normalized spacial score (nSPS) is 16.1. The molecule has 0 radical (unpaired) electrons. The lowest BCUT2D eigenvalue weighted by Gasteiger charge is -2.38. The fraction of sp³-hybridized carbons (Fsp3) is 0.267. The fourth-order valence-electron chi connectivity index (χ4n) is 4.79. The summed E-state index contributed by atoms with van der Waals surface area (Å²) < 4.78 is 0. The number of hydroxylamine groups is 2. The molecule has 220 valence electrons. The molecule has 1 aliphatic heterocycles. The van der Waals surface area contributed by atoms with Crippen molar-refractivity contribution < 1.29 is 19.6 Å². The molecule has 10 nitrogen and oxygen atoms in total. The first-order valence-corrected chi connectivity index (χ1v) is 14.1. The van der Waals surface area contributed by atoms with Crippen LogP contribution in [0.25, 0.3) is 0 Å². The van der Waals surface area contributed by atoms with Crippen molar-refractivity contribution in [3.63, 3.8) is 0 Å². The van der Waals surface area contributed by atoms with Gasteiger partial charge in [-0.15, -0.1) is 0 Å². The molecule has 0 bridgehead atoms. The number of carbonyl (C=O) groups is 3. The molecule has 1 atom stereocenters. The zero-order chi connectivity index (χ0) is 30.3. The first-order chi connectivity index (χ1) is 20.1. The van der Waals surface area contributed by atoms with E-state index in [1.165, 1.54) is 4.90 Å². The van der Waals surface area contributed by atoms with Gasteiger partial charge in [-0.1, -0.05) is 65.7 Å². The predicted molar refractivity (Wildman–Crippen MR) is 164 cm³/mol. The van der Waals surface area contributed by atoms with Crippen molar-refractivity contribution in [2.24, 2.45) is 5.10 Å². The number of hydrogen-bond acceptors (Lipinski definition) is 5. The van der Waals surface area contributed by atoms with E-state index in [0.717, 1.165) is 5.56 Å². The van der Waals surface area contributed by atoms with E-state index in [1.807, 2.05) is 30.3 Å². The van der Waals surface area contributed by atoms with Crippen LogP contribution in [0, 0.1) is 0 Å². The third kappa shape index (κ3) is 7.39. The molecule has 12 heteroatoms. The standard InChI is InChI=1S/C30H32Cl2N6O4/c1-30(2)27(38(42)28(40)34-24-14-8-12-22(31)18-24)37(25-15-9-13-23(32)19-25)29(41)36(30)17-7-6-16-26(39)35-33-20-21-10-4-3-5-11-21/h3-5,8-15,18-20,27,42H,6-7,16-17H2,1-2H3,(H,34,40)(H,35,39)/b33-20+/t27-/m1/s1. The van der Waals surface area contributed by atoms with Crippen LogP contribution in [0.5, 0.6) is 0 Å². The molecular weight excluding hydrogens is 579 g/mol. The summed E-state index contributed by atoms with van der Waals surface area (Å²) in [5, 5.41) is 19.1. The lowest BCUT2D eigenvalue weighted by atomic mass is 9.99. The van der Waals surface area contributed by atoms with Gasteiger partial charge in [0.1, 0.15) is 0 Å². The highest BCUT2D eigenvalue weighted by molar-refractivity contribution is 6.31. The van der Waals surface area contributed by atoms with Crippen LogP contribution in [0.15, 0.2) is 84.0 Å². The van der Waals surface area contributed by atoms with Crippen molar-refractivity contribution in [2.75, 3.05) is 16.8 Å². The number of rotatable bonds is 10. The molecule has 5 amide bonds. The van der Waals surface area contributed by atoms with Crippen molar-refractivity contribution in [1.29, 1.82) is 0 Å². The quantitative estimate of drug-likeness (QED) is 0.104. The molecule has 0 spiro atoms. The minimum absolute atomic E-state index is 0.212. The molecule has 0 aliphatic carbocycles. The van der Waals surface area contributed by atoms with Crippen LogP contribution in [0.2, 0.25) is 10.0 Å². The van der Waals surface area contributed by atoms with Crippen molar-refractivity contribution >= 4 is 58.8 Å². The maximum Gasteiger partial charge on any atom is 0.347 e. The lowest BCUT2D eigenvalue weighted by Crippen LogP contribution is -2.58. The van der Waals surface area contributed by atoms with E-state index in [2.05, 4.69) is 15.8 Å². The Bertz CT molecular complexity index is 1450. The Balaban J connectivity index is 1.44. The number of anilines is 2. The first kappa shape index (κ1) is 30.8. The third-order valence-corrected chi connectivity index (χ3v) is 7.32. The topological polar surface area (TPSA) is 118 Å². The monoisotopic (exact) mass is 610 g/mol. The summed E-state index contributed by atoms with van der Waals surface area (Å²) in [6.45, 7) is 3.81. The van der Waals surface area contributed by atoms with E-state index in [9.17, 15) is 19.6 Å². The Labute approximate surface area is 254 Å². The molecule has 3 aromatic carbocycles. The number of unbranched alkanes of at least 4 members (excludes halogenated alkanes) is 1. The van der Waals surface area contributed by atoms with Crippen LogP contribution in [0.3, 0.4) is 0 Å². The summed E-state index contributed by atoms with van der Waals surface area (Å²) in [6, 6.07) is 21.3. The molecule has 42 heavy (non-hydrogen) atoms. The van der Waals surface area contributed by atoms with Gasteiger partial charge in [0, 0.05) is 34.4 Å². The number of nitrogens with one attached hydrogen (secondary N) is 2. The second-order valence-corrected chi connectivity index (χ2v) is 11.1. The Morgan fingerprint density at radius 1 is 1.00 bits per heavy atom. The van der Waals surface area contributed by atoms with Crippen molar-refractivity contribution in [1.82, 2.24) is 15.4 Å². The molecule has 0 aromatic heterocycles. The largest absolute Gasteiger partial charge is 0.347 e. The van der Waals surface area contributed by atoms with Crippen molar-refractivity contribution in [3.8, 4) is 0 Å². The van der Waals surface area contributed by atoms with Gasteiger partial charge in [0.25, 0.3) is 0 Å². The second-order valence-electron chi connectivity index (χ2n) is 10.3. The maximum atomic E-state index is 13.8. The Kier molecular flexibility index (Phi) is 10.1. The van der Waals surface area contributed by atoms with Gasteiger partial charge in [0.05, 0.1) is 11.8 Å². The highest BCUT2D eigenvalue weighted by Crippen LogP contribution is 2.39. The summed E-state index contributed by atoms with van der Waals surface area (Å²) in [6.07, 6.45) is 1.66. The summed E-state index contributed by atoms with van der Waals surface area (Å²) >= 11 is 12.3. The zero-order valence-electron chi connectivity index (χ0n) is 23.2. The van der Waals surface area contributed by atoms with Crippen LogP contribution >= 0.6 is 23.2 Å². The number of urea groups is 2. The van der Waals surface area contributed by atoms with Gasteiger partial charge in [-0.3, -0.25) is 14.9 Å². The van der Waals surface area contributed by atoms with Crippen LogP contribution in [-0.2, 0) is 4.79 Å². The Morgan fingerprint density at radius 2 is 1.69 bits per heavy atom. The van der Waals surface area contributed by atoms with Crippen LogP contribution in [-0.4, -0.2) is 57.6 Å².